The van der Waals surface area contributed by atoms with Crippen molar-refractivity contribution < 1.29 is 19.1 Å². The van der Waals surface area contributed by atoms with E-state index < -0.39 is 18.1 Å². The Labute approximate surface area is 137 Å². The molecule has 116 valence electrons. The van der Waals surface area contributed by atoms with Crippen LogP contribution in [-0.4, -0.2) is 18.1 Å². The predicted octanol–water partition coefficient (Wildman–Crippen LogP) is 2.83. The molecular weight excluding hydrogens is 318 g/mol. The lowest BCUT2D eigenvalue weighted by Crippen LogP contribution is -2.35. The van der Waals surface area contributed by atoms with Crippen molar-refractivity contribution in [1.82, 2.24) is 5.32 Å². The maximum Gasteiger partial charge on any atom is 0.377 e. The number of benzene rings is 2. The molecule has 6 heteroatoms. The van der Waals surface area contributed by atoms with Crippen LogP contribution in [0.5, 0.6) is 5.75 Å². The van der Waals surface area contributed by atoms with E-state index in [1.807, 2.05) is 6.07 Å². The van der Waals surface area contributed by atoms with Crippen LogP contribution in [0.3, 0.4) is 0 Å². The number of halogens is 1. The Hall–Kier alpha value is -2.79. The Morgan fingerprint density at radius 3 is 2.30 bits per heavy atom. The zero-order valence-corrected chi connectivity index (χ0v) is 12.6. The van der Waals surface area contributed by atoms with Gasteiger partial charge in [-0.15, -0.1) is 0 Å². The zero-order valence-electron chi connectivity index (χ0n) is 11.9. The minimum absolute atomic E-state index is 0.00290. The van der Waals surface area contributed by atoms with Crippen molar-refractivity contribution in [3.8, 4) is 5.75 Å². The van der Waals surface area contributed by atoms with Gasteiger partial charge >= 0.3 is 5.97 Å². The van der Waals surface area contributed by atoms with Crippen molar-refractivity contribution in [3.05, 3.63) is 77.0 Å². The molecule has 1 aliphatic rings. The third-order valence-corrected chi connectivity index (χ3v) is 3.49. The Balaban J connectivity index is 1.75. The highest BCUT2D eigenvalue weighted by Crippen LogP contribution is 2.27. The van der Waals surface area contributed by atoms with Crippen LogP contribution in [0, 0.1) is 0 Å². The average molecular weight is 330 g/mol. The fourth-order valence-electron chi connectivity index (χ4n) is 2.01. The number of hydrogen-bond acceptors (Lipinski definition) is 4. The summed E-state index contributed by atoms with van der Waals surface area (Å²) < 4.78 is 10.5. The number of ether oxygens (including phenoxy) is 2. The fourth-order valence-corrected chi connectivity index (χ4v) is 2.23. The minimum atomic E-state index is -1.06. The van der Waals surface area contributed by atoms with Crippen molar-refractivity contribution in [1.29, 1.82) is 0 Å². The Bertz CT molecular complexity index is 759. The third-order valence-electron chi connectivity index (χ3n) is 3.12. The summed E-state index contributed by atoms with van der Waals surface area (Å²) in [4.78, 5) is 24.0. The van der Waals surface area contributed by atoms with E-state index in [4.69, 9.17) is 21.1 Å². The number of carbonyl (C=O) groups excluding carboxylic acids is 2. The lowest BCUT2D eigenvalue weighted by atomic mass is 10.2. The summed E-state index contributed by atoms with van der Waals surface area (Å²) in [6, 6.07) is 17.3. The molecule has 1 atom stereocenters. The van der Waals surface area contributed by atoms with Crippen LogP contribution in [0.4, 0.5) is 0 Å². The molecule has 5 nitrogen and oxygen atoms in total. The summed E-state index contributed by atoms with van der Waals surface area (Å²) in [5.41, 5.74) is 0.436. The van der Waals surface area contributed by atoms with E-state index in [1.54, 1.807) is 54.6 Å². The maximum atomic E-state index is 12.1. The van der Waals surface area contributed by atoms with Gasteiger partial charge in [-0.3, -0.25) is 4.79 Å². The number of nitrogens with one attached hydrogen (secondary N) is 1. The van der Waals surface area contributed by atoms with Gasteiger partial charge in [0, 0.05) is 5.56 Å². The largest absolute Gasteiger partial charge is 0.448 e. The van der Waals surface area contributed by atoms with Crippen molar-refractivity contribution >= 4 is 23.5 Å². The summed E-state index contributed by atoms with van der Waals surface area (Å²) in [6.45, 7) is 0. The highest BCUT2D eigenvalue weighted by atomic mass is 35.5. The van der Waals surface area contributed by atoms with Crippen LogP contribution in [0.2, 0.25) is 0 Å². The quantitative estimate of drug-likeness (QED) is 0.876. The van der Waals surface area contributed by atoms with Gasteiger partial charge in [-0.2, -0.15) is 0 Å². The number of rotatable bonds is 4. The smallest absolute Gasteiger partial charge is 0.377 e. The van der Waals surface area contributed by atoms with E-state index in [-0.39, 0.29) is 10.8 Å². The minimum Gasteiger partial charge on any atom is -0.448 e. The van der Waals surface area contributed by atoms with Gasteiger partial charge in [-0.25, -0.2) is 4.79 Å². The molecule has 0 fully saturated rings. The Morgan fingerprint density at radius 2 is 1.65 bits per heavy atom. The number of para-hydroxylation sites is 1. The van der Waals surface area contributed by atoms with Crippen LogP contribution in [0.1, 0.15) is 10.4 Å². The van der Waals surface area contributed by atoms with Gasteiger partial charge in [0.25, 0.3) is 5.91 Å². The zero-order chi connectivity index (χ0) is 16.2. The number of hydrogen-bond donors (Lipinski definition) is 1. The number of amides is 1. The van der Waals surface area contributed by atoms with Gasteiger partial charge in [-0.05, 0) is 24.3 Å². The molecule has 0 saturated carbocycles. The van der Waals surface area contributed by atoms with E-state index in [9.17, 15) is 9.59 Å². The van der Waals surface area contributed by atoms with E-state index >= 15 is 0 Å². The second kappa shape index (κ2) is 6.54. The number of esters is 1. The molecule has 0 bridgehead atoms. The molecular formula is C17H12ClNO4. The van der Waals surface area contributed by atoms with Crippen molar-refractivity contribution in [2.45, 2.75) is 6.23 Å². The molecule has 0 unspecified atom stereocenters. The lowest BCUT2D eigenvalue weighted by molar-refractivity contribution is -0.142. The molecule has 1 aliphatic heterocycles. The van der Waals surface area contributed by atoms with Crippen LogP contribution >= 0.6 is 11.6 Å². The molecule has 1 N–H and O–H groups in total. The Morgan fingerprint density at radius 1 is 1.04 bits per heavy atom. The second-order valence-corrected chi connectivity index (χ2v) is 5.12. The summed E-state index contributed by atoms with van der Waals surface area (Å²) in [7, 11) is 0. The van der Waals surface area contributed by atoms with Crippen LogP contribution < -0.4 is 10.1 Å². The summed E-state index contributed by atoms with van der Waals surface area (Å²) in [5, 5.41) is 2.54. The summed E-state index contributed by atoms with van der Waals surface area (Å²) >= 11 is 6.11. The first kappa shape index (κ1) is 15.1. The molecule has 2 aromatic carbocycles. The van der Waals surface area contributed by atoms with Gasteiger partial charge in [0.15, 0.2) is 0 Å². The molecule has 0 spiro atoms. The fraction of sp³-hybridized carbons (Fsp3) is 0.0588. The standard InChI is InChI=1S/C17H12ClNO4/c18-13-14(22-12-9-5-2-6-10-12)17(21)23-16(13)19-15(20)11-7-3-1-4-8-11/h1-10,16H,(H,19,20)/t16-/m1/s1. The van der Waals surface area contributed by atoms with Crippen molar-refractivity contribution in [3.63, 3.8) is 0 Å². The van der Waals surface area contributed by atoms with Crippen molar-refractivity contribution in [2.75, 3.05) is 0 Å². The molecule has 0 radical (unpaired) electrons. The summed E-state index contributed by atoms with van der Waals surface area (Å²) in [5.74, 6) is -0.802. The Kier molecular flexibility index (Phi) is 4.30. The highest BCUT2D eigenvalue weighted by Gasteiger charge is 2.36. The molecule has 23 heavy (non-hydrogen) atoms. The van der Waals surface area contributed by atoms with Crippen LogP contribution in [0.25, 0.3) is 0 Å². The monoisotopic (exact) mass is 329 g/mol. The number of cyclic esters (lactones) is 1. The number of carbonyl (C=O) groups is 2. The lowest BCUT2D eigenvalue weighted by Gasteiger charge is -2.11. The first-order valence-corrected chi connectivity index (χ1v) is 7.22. The van der Waals surface area contributed by atoms with Gasteiger partial charge < -0.3 is 14.8 Å². The molecule has 1 heterocycles. The van der Waals surface area contributed by atoms with Crippen molar-refractivity contribution in [2.24, 2.45) is 0 Å². The SMILES string of the molecule is O=C1O[C@@H](NC(=O)c2ccccc2)C(Cl)=C1Oc1ccccc1. The van der Waals surface area contributed by atoms with E-state index in [0.717, 1.165) is 0 Å². The van der Waals surface area contributed by atoms with Gasteiger partial charge in [-0.1, -0.05) is 48.0 Å². The molecule has 2 aromatic rings. The predicted molar refractivity (Wildman–Crippen MR) is 83.7 cm³/mol. The van der Waals surface area contributed by atoms with Gasteiger partial charge in [0.1, 0.15) is 10.8 Å². The van der Waals surface area contributed by atoms with Gasteiger partial charge in [0.2, 0.25) is 12.0 Å². The average Bonchev–Trinajstić information content (AvgIpc) is 2.84. The summed E-state index contributed by atoms with van der Waals surface area (Å²) in [6.07, 6.45) is -1.06. The first-order chi connectivity index (χ1) is 11.1. The van der Waals surface area contributed by atoms with E-state index in [1.165, 1.54) is 0 Å². The highest BCUT2D eigenvalue weighted by molar-refractivity contribution is 6.33. The third kappa shape index (κ3) is 3.35. The van der Waals surface area contributed by atoms with E-state index in [2.05, 4.69) is 5.32 Å². The normalized spacial score (nSPS) is 16.9. The maximum absolute atomic E-state index is 12.1. The second-order valence-electron chi connectivity index (χ2n) is 4.72. The first-order valence-electron chi connectivity index (χ1n) is 6.84. The van der Waals surface area contributed by atoms with Crippen LogP contribution in [-0.2, 0) is 9.53 Å². The molecule has 0 saturated heterocycles. The van der Waals surface area contributed by atoms with Gasteiger partial charge in [0.05, 0.1) is 0 Å². The molecule has 0 aliphatic carbocycles. The molecule has 0 aromatic heterocycles. The molecule has 3 rings (SSSR count). The molecule has 1 amide bonds. The van der Waals surface area contributed by atoms with Crippen LogP contribution in [0.15, 0.2) is 71.5 Å². The topological polar surface area (TPSA) is 64.6 Å². The van der Waals surface area contributed by atoms with E-state index in [0.29, 0.717) is 11.3 Å².